The quantitative estimate of drug-likeness (QED) is 0.488. The molecule has 0 bridgehead atoms. The van der Waals surface area contributed by atoms with E-state index in [-0.39, 0.29) is 11.7 Å². The number of hydrogen-bond donors (Lipinski definition) is 2. The van der Waals surface area contributed by atoms with Gasteiger partial charge < -0.3 is 19.6 Å². The molecule has 3 aromatic heterocycles. The van der Waals surface area contributed by atoms with Crippen LogP contribution >= 0.6 is 0 Å². The van der Waals surface area contributed by atoms with Crippen LogP contribution in [0.1, 0.15) is 26.7 Å². The number of nitrogens with zero attached hydrogens (tertiary/aromatic N) is 5. The number of carbonyl (C=O) groups is 1. The molecule has 32 heavy (non-hydrogen) atoms. The topological polar surface area (TPSA) is 143 Å². The Hall–Kier alpha value is -4.15. The molecule has 0 atom stereocenters. The lowest BCUT2D eigenvalue weighted by Gasteiger charge is -2.20. The highest BCUT2D eigenvalue weighted by atomic mass is 16.6. The average molecular weight is 437 g/mol. The second kappa shape index (κ2) is 7.84. The summed E-state index contributed by atoms with van der Waals surface area (Å²) in [5, 5.41) is 10.6. The number of ether oxygens (including phenoxy) is 2. The Bertz CT molecular complexity index is 1300. The Morgan fingerprint density at radius 2 is 2.03 bits per heavy atom. The number of imidazole rings is 1. The molecule has 1 amide bonds. The number of hydrogen-bond acceptors (Lipinski definition) is 9. The van der Waals surface area contributed by atoms with Gasteiger partial charge in [0.1, 0.15) is 28.4 Å². The van der Waals surface area contributed by atoms with E-state index in [0.29, 0.717) is 39.9 Å². The lowest BCUT2D eigenvalue weighted by molar-refractivity contribution is 0.0635. The summed E-state index contributed by atoms with van der Waals surface area (Å²) in [5.41, 5.74) is 7.81. The summed E-state index contributed by atoms with van der Waals surface area (Å²) in [5.74, 6) is 1.81. The molecule has 1 aromatic carbocycles. The van der Waals surface area contributed by atoms with Crippen molar-refractivity contribution in [2.24, 2.45) is 0 Å². The number of nitrogen functional groups attached to an aromatic ring is 1. The van der Waals surface area contributed by atoms with Crippen molar-refractivity contribution in [3.8, 4) is 28.7 Å². The number of amides is 1. The van der Waals surface area contributed by atoms with Gasteiger partial charge in [0.15, 0.2) is 0 Å². The highest BCUT2D eigenvalue weighted by molar-refractivity contribution is 5.91. The van der Waals surface area contributed by atoms with Gasteiger partial charge in [-0.1, -0.05) is 6.07 Å². The van der Waals surface area contributed by atoms with E-state index in [1.807, 2.05) is 0 Å². The van der Waals surface area contributed by atoms with Crippen molar-refractivity contribution in [2.45, 2.75) is 33.3 Å². The predicted octanol–water partition coefficient (Wildman–Crippen LogP) is 3.69. The molecule has 0 saturated carbocycles. The van der Waals surface area contributed by atoms with Crippen molar-refractivity contribution < 1.29 is 18.7 Å². The van der Waals surface area contributed by atoms with Crippen LogP contribution in [0.4, 0.5) is 16.3 Å². The largest absolute Gasteiger partial charge is 0.495 e. The van der Waals surface area contributed by atoms with E-state index in [2.05, 4.69) is 20.5 Å². The molecule has 0 aliphatic rings. The Morgan fingerprint density at radius 1 is 1.25 bits per heavy atom. The third-order valence-electron chi connectivity index (χ3n) is 4.41. The van der Waals surface area contributed by atoms with Crippen molar-refractivity contribution in [2.75, 3.05) is 18.2 Å². The van der Waals surface area contributed by atoms with Crippen LogP contribution in [0.3, 0.4) is 0 Å². The van der Waals surface area contributed by atoms with Gasteiger partial charge in [-0.15, -0.1) is 10.2 Å². The monoisotopic (exact) mass is 437 g/mol. The van der Waals surface area contributed by atoms with Crippen LogP contribution < -0.4 is 15.8 Å². The van der Waals surface area contributed by atoms with Crippen LogP contribution in [-0.4, -0.2) is 43.4 Å². The predicted molar refractivity (Wildman–Crippen MR) is 117 cm³/mol. The molecule has 3 heterocycles. The van der Waals surface area contributed by atoms with Crippen LogP contribution in [0.25, 0.3) is 28.5 Å². The fourth-order valence-electron chi connectivity index (χ4n) is 3.16. The molecule has 0 fully saturated rings. The molecule has 4 aromatic rings. The number of methoxy groups -OCH3 is 1. The molecule has 4 rings (SSSR count). The van der Waals surface area contributed by atoms with Gasteiger partial charge >= 0.3 is 6.09 Å². The van der Waals surface area contributed by atoms with Crippen LogP contribution in [0.2, 0.25) is 0 Å². The lowest BCUT2D eigenvalue weighted by Crippen LogP contribution is -2.27. The summed E-state index contributed by atoms with van der Waals surface area (Å²) in [7, 11) is 1.51. The number of aromatic nitrogens is 5. The number of benzene rings is 1. The van der Waals surface area contributed by atoms with Crippen LogP contribution in [-0.2, 0) is 4.74 Å². The van der Waals surface area contributed by atoms with Crippen LogP contribution in [0.15, 0.2) is 35.0 Å². The molecule has 0 aliphatic heterocycles. The highest BCUT2D eigenvalue weighted by Crippen LogP contribution is 2.36. The van der Waals surface area contributed by atoms with E-state index in [1.165, 1.54) is 7.11 Å². The van der Waals surface area contributed by atoms with E-state index in [9.17, 15) is 4.79 Å². The number of nitrogens with one attached hydrogen (secondary N) is 1. The van der Waals surface area contributed by atoms with Gasteiger partial charge in [0.25, 0.3) is 5.89 Å². The smallest absolute Gasteiger partial charge is 0.412 e. The molecular weight excluding hydrogens is 414 g/mol. The Balaban J connectivity index is 1.78. The van der Waals surface area contributed by atoms with Crippen molar-refractivity contribution in [1.82, 2.24) is 24.6 Å². The fraction of sp³-hybridized carbons (Fsp3) is 0.286. The lowest BCUT2D eigenvalue weighted by atomic mass is 10.1. The molecule has 0 radical (unpaired) electrons. The van der Waals surface area contributed by atoms with Gasteiger partial charge in [0, 0.05) is 24.9 Å². The fourth-order valence-corrected chi connectivity index (χ4v) is 3.16. The zero-order chi connectivity index (χ0) is 23.0. The highest BCUT2D eigenvalue weighted by Gasteiger charge is 2.22. The van der Waals surface area contributed by atoms with E-state index in [0.717, 1.165) is 0 Å². The third kappa shape index (κ3) is 4.04. The first kappa shape index (κ1) is 21.1. The van der Waals surface area contributed by atoms with Crippen LogP contribution in [0, 0.1) is 6.92 Å². The van der Waals surface area contributed by atoms with Gasteiger partial charge in [-0.3, -0.25) is 9.72 Å². The molecule has 166 valence electrons. The number of nitrogens with two attached hydrogens (primary N) is 1. The van der Waals surface area contributed by atoms with E-state index >= 15 is 0 Å². The Morgan fingerprint density at radius 3 is 2.69 bits per heavy atom. The van der Waals surface area contributed by atoms with Gasteiger partial charge in [-0.25, -0.2) is 14.8 Å². The minimum Gasteiger partial charge on any atom is -0.495 e. The number of rotatable bonds is 4. The number of carbonyl (C=O) groups excluding carboxylic acids is 1. The zero-order valence-electron chi connectivity index (χ0n) is 18.3. The van der Waals surface area contributed by atoms with Gasteiger partial charge in [-0.05, 0) is 32.9 Å². The SMILES string of the molecule is COc1cc(-c2nc(-c3nnc(C)o3)n3ccnc(N)c23)ccc1NC(=O)OC(C)(C)C. The molecule has 0 spiro atoms. The molecule has 0 unspecified atom stereocenters. The van der Waals surface area contributed by atoms with E-state index in [4.69, 9.17) is 24.6 Å². The standard InChI is InChI=1S/C21H23N7O4/c1-11-26-27-19(31-11)18-25-15(16-17(22)23-8-9-28(16)18)12-6-7-13(14(10-12)30-5)24-20(29)32-21(2,3)4/h6-10H,1-5H3,(H2,22,23)(H,24,29). The molecule has 0 saturated heterocycles. The maximum Gasteiger partial charge on any atom is 0.412 e. The zero-order valence-corrected chi connectivity index (χ0v) is 18.3. The summed E-state index contributed by atoms with van der Waals surface area (Å²) in [4.78, 5) is 21.1. The number of anilines is 2. The van der Waals surface area contributed by atoms with E-state index in [1.54, 1.807) is 62.7 Å². The summed E-state index contributed by atoms with van der Waals surface area (Å²) in [6, 6.07) is 5.23. The second-order valence-electron chi connectivity index (χ2n) is 7.98. The summed E-state index contributed by atoms with van der Waals surface area (Å²) in [6.07, 6.45) is 2.69. The summed E-state index contributed by atoms with van der Waals surface area (Å²) >= 11 is 0. The van der Waals surface area contributed by atoms with Crippen molar-refractivity contribution >= 4 is 23.1 Å². The van der Waals surface area contributed by atoms with Crippen molar-refractivity contribution in [1.29, 1.82) is 0 Å². The Kier molecular flexibility index (Phi) is 5.17. The summed E-state index contributed by atoms with van der Waals surface area (Å²) in [6.45, 7) is 7.07. The average Bonchev–Trinajstić information content (AvgIpc) is 3.31. The summed E-state index contributed by atoms with van der Waals surface area (Å²) < 4.78 is 18.1. The first-order chi connectivity index (χ1) is 15.2. The Labute approximate surface area is 183 Å². The number of fused-ring (bicyclic) bond motifs is 1. The molecule has 3 N–H and O–H groups in total. The molecule has 11 heteroatoms. The van der Waals surface area contributed by atoms with E-state index < -0.39 is 11.7 Å². The molecular formula is C21H23N7O4. The van der Waals surface area contributed by atoms with Gasteiger partial charge in [0.05, 0.1) is 12.8 Å². The molecule has 11 nitrogen and oxygen atoms in total. The van der Waals surface area contributed by atoms with Gasteiger partial charge in [0.2, 0.25) is 11.7 Å². The molecule has 0 aliphatic carbocycles. The first-order valence-electron chi connectivity index (χ1n) is 9.77. The van der Waals surface area contributed by atoms with Crippen molar-refractivity contribution in [3.63, 3.8) is 0 Å². The normalized spacial score (nSPS) is 11.5. The van der Waals surface area contributed by atoms with Gasteiger partial charge in [-0.2, -0.15) is 0 Å². The third-order valence-corrected chi connectivity index (χ3v) is 4.41. The minimum absolute atomic E-state index is 0.254. The van der Waals surface area contributed by atoms with Crippen molar-refractivity contribution in [3.05, 3.63) is 36.5 Å². The first-order valence-corrected chi connectivity index (χ1v) is 9.77. The number of aryl methyl sites for hydroxylation is 1. The minimum atomic E-state index is -0.624. The second-order valence-corrected chi connectivity index (χ2v) is 7.98. The van der Waals surface area contributed by atoms with Crippen LogP contribution in [0.5, 0.6) is 5.75 Å². The maximum absolute atomic E-state index is 12.2. The maximum atomic E-state index is 12.2.